The van der Waals surface area contributed by atoms with Crippen LogP contribution in [0.4, 0.5) is 18.9 Å². The molecule has 40 heteroatoms. The van der Waals surface area contributed by atoms with E-state index in [4.69, 9.17) is 79.2 Å². The van der Waals surface area contributed by atoms with Gasteiger partial charge in [-0.1, -0.05) is 66.1 Å². The predicted molar refractivity (Wildman–Crippen MR) is 377 cm³/mol. The number of fused-ring (bicyclic) bond motifs is 1. The number of para-hydroxylation sites is 1. The minimum absolute atomic E-state index is 0. The molecular weight excluding hydrogens is 1500 g/mol. The van der Waals surface area contributed by atoms with Crippen molar-refractivity contribution in [3.8, 4) is 11.5 Å². The minimum atomic E-state index is -3.96. The van der Waals surface area contributed by atoms with Crippen LogP contribution in [-0.2, 0) is 57.6 Å². The lowest BCUT2D eigenvalue weighted by atomic mass is 10.3. The van der Waals surface area contributed by atoms with Crippen molar-refractivity contribution >= 4 is 157 Å². The third-order valence-electron chi connectivity index (χ3n) is 8.09. The van der Waals surface area contributed by atoms with E-state index in [1.165, 1.54) is 144 Å². The number of esters is 2. The number of imidazole rings is 1. The van der Waals surface area contributed by atoms with E-state index in [1.807, 2.05) is 12.1 Å². The first-order valence-electron chi connectivity index (χ1n) is 28.5. The van der Waals surface area contributed by atoms with Crippen molar-refractivity contribution in [1.82, 2.24) is 59.7 Å². The quantitative estimate of drug-likeness (QED) is 0.0294. The second-order valence-corrected chi connectivity index (χ2v) is 21.7. The second-order valence-electron chi connectivity index (χ2n) is 19.5. The van der Waals surface area contributed by atoms with Gasteiger partial charge in [0.05, 0.1) is 20.0 Å². The number of imide groups is 1. The Morgan fingerprint density at radius 2 is 0.922 bits per heavy atom. The molecule has 0 unspecified atom stereocenters. The number of nitro benzene ring substituents is 1. The zero-order valence-corrected chi connectivity index (χ0v) is 63.2. The summed E-state index contributed by atoms with van der Waals surface area (Å²) in [4.78, 5) is 167. The standard InChI is InChI=1S/C8H5Cl3O2.C8H7N3O2.C8H7NO4.C6H7NO4.C5H6ClN3.C5H6N2O.C4H3Cl2N3.C3H5F3.5C3H6O.CH4/c1-4(12)13-8-3-6(10)5(9)2-7(8)11;1-6(12)13-11-8-5-3-2-4-7(8)9-10-11;1-6(10)13-8-4-2-7(3-5-8)9(11)12;1-4(8)11-7-5(9)2-3-6(7)10;1-3-7-4(2)9-5(6)8-3;1-5(8)7-3-2-6-4-7;1-2-7-3(5)9-4(6)8-2;1-2-3(4,5)6;5*1-3(2)4;/h2-3H,1H3;2*2-5H,1H3;2-3H2,1H3;1-2H3;2-4H,1H3;1H3;2H2,1H3;5*1-2H3;1H4. The van der Waals surface area contributed by atoms with Gasteiger partial charge < -0.3 is 43.1 Å². The second kappa shape index (κ2) is 57.8. The summed E-state index contributed by atoms with van der Waals surface area (Å²) < 4.78 is 43.2. The molecule has 0 spiro atoms. The maximum atomic E-state index is 10.8. The lowest BCUT2D eigenvalue weighted by Gasteiger charge is -2.09. The van der Waals surface area contributed by atoms with Crippen molar-refractivity contribution in [3.05, 3.63) is 138 Å². The van der Waals surface area contributed by atoms with Crippen LogP contribution in [0.1, 0.15) is 160 Å². The van der Waals surface area contributed by atoms with E-state index in [0.29, 0.717) is 49.4 Å². The molecule has 1 aliphatic rings. The number of aromatic nitrogens is 11. The highest BCUT2D eigenvalue weighted by molar-refractivity contribution is 6.43. The number of amides is 2. The SMILES string of the molecule is C.CC(=O)ON1C(=O)CCC1=O.CC(=O)Oc1cc(Cl)c(Cl)cc1Cl.CC(=O)Oc1ccc([N+](=O)[O-])cc1.CC(=O)On1nnc2ccccc21.CC(=O)n1ccnc1.CC(C)=O.CC(C)=O.CC(C)=O.CC(C)=O.CC(C)=O.CCC(F)(F)F.Cc1nc(C)nc(Cl)n1.Cc1nc(Cl)nc(Cl)n1. The highest BCUT2D eigenvalue weighted by atomic mass is 35.5. The average molecular weight is 1580 g/mol. The van der Waals surface area contributed by atoms with Crippen LogP contribution in [0, 0.1) is 30.9 Å². The normalized spacial score (nSPS) is 9.92. The Kier molecular flexibility index (Phi) is 58.5. The van der Waals surface area contributed by atoms with Crippen molar-refractivity contribution in [2.45, 2.75) is 164 Å². The van der Waals surface area contributed by atoms with Crippen molar-refractivity contribution < 1.29 is 94.8 Å². The molecule has 4 aromatic heterocycles. The van der Waals surface area contributed by atoms with Crippen molar-refractivity contribution in [3.63, 3.8) is 0 Å². The summed E-state index contributed by atoms with van der Waals surface area (Å²) in [6.45, 7) is 28.1. The first-order chi connectivity index (χ1) is 46.9. The molecule has 8 rings (SSSR count). The van der Waals surface area contributed by atoms with Gasteiger partial charge in [-0.05, 0) is 160 Å². The number of ketones is 5. The van der Waals surface area contributed by atoms with Crippen molar-refractivity contribution in [2.75, 3.05) is 0 Å². The number of hydroxylamine groups is 2. The molecule has 0 atom stereocenters. The number of ether oxygens (including phenoxy) is 2. The Morgan fingerprint density at radius 1 is 0.544 bits per heavy atom. The van der Waals surface area contributed by atoms with Gasteiger partial charge in [0.1, 0.15) is 69.5 Å². The smallest absolute Gasteiger partial charge is 0.388 e. The number of Topliss-reactive ketones (excluding diaryl/α,β-unsaturated/α-hetero) is 5. The Morgan fingerprint density at radius 3 is 1.24 bits per heavy atom. The van der Waals surface area contributed by atoms with Gasteiger partial charge in [0.2, 0.25) is 21.8 Å². The van der Waals surface area contributed by atoms with Crippen LogP contribution in [0.3, 0.4) is 0 Å². The van der Waals surface area contributed by atoms with Crippen LogP contribution in [0.25, 0.3) is 11.0 Å². The zero-order chi connectivity index (χ0) is 80.3. The van der Waals surface area contributed by atoms with Crippen LogP contribution in [0.15, 0.2) is 79.4 Å². The summed E-state index contributed by atoms with van der Waals surface area (Å²) >= 11 is 33.4. The van der Waals surface area contributed by atoms with Crippen LogP contribution in [0.2, 0.25) is 30.9 Å². The number of halogens is 9. The molecule has 0 aliphatic carbocycles. The van der Waals surface area contributed by atoms with Gasteiger partial charge in [0, 0.05) is 84.5 Å². The van der Waals surface area contributed by atoms with Crippen LogP contribution < -0.4 is 14.3 Å². The summed E-state index contributed by atoms with van der Waals surface area (Å²) in [5.41, 5.74) is 1.34. The molecule has 568 valence electrons. The molecule has 1 saturated heterocycles. The lowest BCUT2D eigenvalue weighted by Crippen LogP contribution is -2.30. The van der Waals surface area contributed by atoms with Gasteiger partial charge in [-0.3, -0.25) is 38.7 Å². The number of nitrogens with zero attached hydrogens (tertiary/aromatic N) is 13. The number of non-ortho nitro benzene ring substituents is 1. The van der Waals surface area contributed by atoms with E-state index in [0.717, 1.165) is 18.7 Å². The molecule has 7 aromatic rings. The molecular formula is C63H80Cl6F3N13O18. The fourth-order valence-corrected chi connectivity index (χ4v) is 6.07. The predicted octanol–water partition coefficient (Wildman–Crippen LogP) is 13.9. The van der Waals surface area contributed by atoms with E-state index in [2.05, 4.69) is 54.8 Å². The van der Waals surface area contributed by atoms with Gasteiger partial charge in [-0.2, -0.15) is 18.2 Å². The Labute approximate surface area is 621 Å². The minimum Gasteiger partial charge on any atom is -0.427 e. The van der Waals surface area contributed by atoms with E-state index in [9.17, 15) is 80.8 Å². The summed E-state index contributed by atoms with van der Waals surface area (Å²) in [5.74, 6) is 0.290. The molecule has 3 aromatic carbocycles. The number of hydrogen-bond donors (Lipinski definition) is 0. The summed E-state index contributed by atoms with van der Waals surface area (Å²) in [6, 6.07) is 15.4. The fourth-order valence-electron chi connectivity index (χ4n) is 4.80. The highest BCUT2D eigenvalue weighted by Gasteiger charge is 2.32. The zero-order valence-electron chi connectivity index (χ0n) is 58.7. The molecule has 1 fully saturated rings. The number of carbonyl (C=O) groups is 12. The molecule has 2 amide bonds. The van der Waals surface area contributed by atoms with Crippen LogP contribution in [0.5, 0.6) is 11.5 Å². The van der Waals surface area contributed by atoms with Crippen molar-refractivity contribution in [1.29, 1.82) is 0 Å². The summed E-state index contributed by atoms with van der Waals surface area (Å²) in [6.07, 6.45) is 0.233. The van der Waals surface area contributed by atoms with Crippen molar-refractivity contribution in [2.24, 2.45) is 0 Å². The van der Waals surface area contributed by atoms with Gasteiger partial charge in [0.15, 0.2) is 5.75 Å². The number of nitro groups is 1. The van der Waals surface area contributed by atoms with Gasteiger partial charge in [-0.25, -0.2) is 39.5 Å². The van der Waals surface area contributed by atoms with E-state index in [-0.39, 0.29) is 87.4 Å². The number of alkyl halides is 3. The summed E-state index contributed by atoms with van der Waals surface area (Å²) in [7, 11) is 0. The van der Waals surface area contributed by atoms with Crippen LogP contribution >= 0.6 is 69.6 Å². The molecule has 0 radical (unpaired) electrons. The largest absolute Gasteiger partial charge is 0.427 e. The Bertz CT molecular complexity index is 3600. The van der Waals surface area contributed by atoms with E-state index < -0.39 is 53.2 Å². The first-order valence-corrected chi connectivity index (χ1v) is 30.7. The molecule has 0 bridgehead atoms. The number of aryl methyl sites for hydroxylation is 3. The third-order valence-corrected chi connectivity index (χ3v) is 9.62. The molecule has 103 heavy (non-hydrogen) atoms. The maximum absolute atomic E-state index is 10.8. The number of hydrogen-bond acceptors (Lipinski definition) is 27. The molecule has 0 saturated carbocycles. The number of carbonyl (C=O) groups excluding carboxylic acids is 12. The van der Waals surface area contributed by atoms with E-state index in [1.54, 1.807) is 45.3 Å². The number of benzene rings is 3. The molecule has 0 N–H and O–H groups in total. The maximum Gasteiger partial charge on any atom is 0.388 e. The molecule has 31 nitrogen and oxygen atoms in total. The highest BCUT2D eigenvalue weighted by Crippen LogP contribution is 2.34. The molecule has 1 aliphatic heterocycles. The first kappa shape index (κ1) is 104. The monoisotopic (exact) mass is 1570 g/mol. The third kappa shape index (κ3) is 65.3. The van der Waals surface area contributed by atoms with Crippen LogP contribution in [-0.4, -0.2) is 141 Å². The average Bonchev–Trinajstić information content (AvgIpc) is 1.74. The summed E-state index contributed by atoms with van der Waals surface area (Å²) in [5, 5.41) is 19.6. The van der Waals surface area contributed by atoms with Gasteiger partial charge in [0.25, 0.3) is 17.5 Å². The Balaban J connectivity index is -0.000000253. The Hall–Kier alpha value is -9.74. The lowest BCUT2D eigenvalue weighted by molar-refractivity contribution is -0.384. The van der Waals surface area contributed by atoms with Gasteiger partial charge >= 0.3 is 30.1 Å². The topological polar surface area (TPSA) is 414 Å². The van der Waals surface area contributed by atoms with Gasteiger partial charge in [-0.15, -0.1) is 10.2 Å². The van der Waals surface area contributed by atoms with E-state index >= 15 is 0 Å². The number of rotatable bonds is 5. The fraction of sp³-hybridized carbons (Fsp3) is 0.381. The molecule has 5 heterocycles.